The number of nitrogens with zero attached hydrogens (tertiary/aromatic N) is 3. The highest BCUT2D eigenvalue weighted by atomic mass is 35.5. The molecule has 0 unspecified atom stereocenters. The van der Waals surface area contributed by atoms with Crippen molar-refractivity contribution in [2.24, 2.45) is 7.05 Å². The quantitative estimate of drug-likeness (QED) is 0.667. The largest absolute Gasteiger partial charge is 0.305 e. The second kappa shape index (κ2) is 6.33. The van der Waals surface area contributed by atoms with Crippen LogP contribution in [-0.2, 0) is 12.8 Å². The molecule has 0 aliphatic heterocycles. The van der Waals surface area contributed by atoms with E-state index in [1.54, 1.807) is 11.8 Å². The predicted octanol–water partition coefficient (Wildman–Crippen LogP) is 4.43. The molecule has 0 bridgehead atoms. The van der Waals surface area contributed by atoms with Gasteiger partial charge in [-0.25, -0.2) is 0 Å². The van der Waals surface area contributed by atoms with Gasteiger partial charge in [0.25, 0.3) is 0 Å². The summed E-state index contributed by atoms with van der Waals surface area (Å²) < 4.78 is 2.02. The molecule has 3 aromatic rings. The molecule has 0 amide bonds. The van der Waals surface area contributed by atoms with Gasteiger partial charge in [-0.15, -0.1) is 10.2 Å². The first kappa shape index (κ1) is 14.2. The molecule has 1 heterocycles. The van der Waals surface area contributed by atoms with E-state index in [0.29, 0.717) is 0 Å². The zero-order chi connectivity index (χ0) is 14.7. The molecule has 106 valence electrons. The van der Waals surface area contributed by atoms with Crippen LogP contribution in [0.3, 0.4) is 0 Å². The number of benzene rings is 2. The molecule has 3 nitrogen and oxygen atoms in total. The van der Waals surface area contributed by atoms with Gasteiger partial charge in [0, 0.05) is 23.4 Å². The molecule has 5 heteroatoms. The fraction of sp³-hybridized carbons (Fsp3) is 0.125. The Morgan fingerprint density at radius 2 is 1.86 bits per heavy atom. The highest BCUT2D eigenvalue weighted by Crippen LogP contribution is 2.25. The van der Waals surface area contributed by atoms with Crippen LogP contribution in [0.1, 0.15) is 5.56 Å². The van der Waals surface area contributed by atoms with Gasteiger partial charge in [-0.3, -0.25) is 0 Å². The molecule has 1 aromatic heterocycles. The van der Waals surface area contributed by atoms with E-state index in [-0.39, 0.29) is 0 Å². The Labute approximate surface area is 133 Å². The predicted molar refractivity (Wildman–Crippen MR) is 87.5 cm³/mol. The van der Waals surface area contributed by atoms with Gasteiger partial charge in [-0.1, -0.05) is 65.8 Å². The number of hydrogen-bond donors (Lipinski definition) is 0. The Bertz CT molecular complexity index is 740. The Kier molecular flexibility index (Phi) is 4.27. The number of aromatic nitrogens is 3. The molecular formula is C16H14ClN3S. The zero-order valence-electron chi connectivity index (χ0n) is 11.5. The van der Waals surface area contributed by atoms with Crippen molar-refractivity contribution < 1.29 is 0 Å². The number of rotatable bonds is 4. The molecule has 3 rings (SSSR count). The van der Waals surface area contributed by atoms with Crippen molar-refractivity contribution in [1.82, 2.24) is 14.8 Å². The molecule has 0 fully saturated rings. The third-order valence-corrected chi connectivity index (χ3v) is 4.45. The van der Waals surface area contributed by atoms with Crippen molar-refractivity contribution in [1.29, 1.82) is 0 Å². The molecule has 0 spiro atoms. The highest BCUT2D eigenvalue weighted by molar-refractivity contribution is 7.98. The lowest BCUT2D eigenvalue weighted by molar-refractivity contribution is 0.794. The monoisotopic (exact) mass is 315 g/mol. The van der Waals surface area contributed by atoms with Crippen LogP contribution in [0.4, 0.5) is 0 Å². The van der Waals surface area contributed by atoms with E-state index in [0.717, 1.165) is 27.3 Å². The number of halogens is 1. The number of hydrogen-bond acceptors (Lipinski definition) is 3. The maximum atomic E-state index is 6.00. The van der Waals surface area contributed by atoms with Crippen molar-refractivity contribution in [2.45, 2.75) is 10.9 Å². The van der Waals surface area contributed by atoms with Gasteiger partial charge in [0.15, 0.2) is 11.0 Å². The molecule has 2 aromatic carbocycles. The maximum Gasteiger partial charge on any atom is 0.191 e. The van der Waals surface area contributed by atoms with Gasteiger partial charge in [0.2, 0.25) is 0 Å². The van der Waals surface area contributed by atoms with Crippen LogP contribution in [0.15, 0.2) is 59.8 Å². The first-order valence-electron chi connectivity index (χ1n) is 6.56. The van der Waals surface area contributed by atoms with Crippen LogP contribution in [0.25, 0.3) is 11.4 Å². The van der Waals surface area contributed by atoms with Gasteiger partial charge in [0.1, 0.15) is 0 Å². The highest BCUT2D eigenvalue weighted by Gasteiger charge is 2.10. The van der Waals surface area contributed by atoms with E-state index < -0.39 is 0 Å². The molecule has 0 N–H and O–H groups in total. The SMILES string of the molecule is Cn1c(SCc2cccc(Cl)c2)nnc1-c1ccccc1. The summed E-state index contributed by atoms with van der Waals surface area (Å²) in [6.45, 7) is 0. The molecule has 0 aliphatic carbocycles. The fourth-order valence-electron chi connectivity index (χ4n) is 2.05. The summed E-state index contributed by atoms with van der Waals surface area (Å²) in [5.74, 6) is 1.70. The van der Waals surface area contributed by atoms with Gasteiger partial charge >= 0.3 is 0 Å². The molecular weight excluding hydrogens is 302 g/mol. The third kappa shape index (κ3) is 3.28. The Morgan fingerprint density at radius 3 is 2.62 bits per heavy atom. The van der Waals surface area contributed by atoms with Crippen molar-refractivity contribution in [3.8, 4) is 11.4 Å². The molecule has 0 radical (unpaired) electrons. The average molecular weight is 316 g/mol. The Hall–Kier alpha value is -1.78. The average Bonchev–Trinajstić information content (AvgIpc) is 2.87. The van der Waals surface area contributed by atoms with Crippen LogP contribution < -0.4 is 0 Å². The van der Waals surface area contributed by atoms with E-state index >= 15 is 0 Å². The summed E-state index contributed by atoms with van der Waals surface area (Å²) in [6, 6.07) is 18.0. The summed E-state index contributed by atoms with van der Waals surface area (Å²) in [5, 5.41) is 10.2. The summed E-state index contributed by atoms with van der Waals surface area (Å²) in [7, 11) is 1.99. The lowest BCUT2D eigenvalue weighted by Gasteiger charge is -2.04. The van der Waals surface area contributed by atoms with Crippen LogP contribution in [0.5, 0.6) is 0 Å². The van der Waals surface area contributed by atoms with Crippen molar-refractivity contribution in [3.63, 3.8) is 0 Å². The first-order chi connectivity index (χ1) is 10.2. The molecule has 0 saturated carbocycles. The Morgan fingerprint density at radius 1 is 1.05 bits per heavy atom. The first-order valence-corrected chi connectivity index (χ1v) is 7.92. The van der Waals surface area contributed by atoms with E-state index in [1.807, 2.05) is 60.1 Å². The zero-order valence-corrected chi connectivity index (χ0v) is 13.1. The topological polar surface area (TPSA) is 30.7 Å². The lowest BCUT2D eigenvalue weighted by Crippen LogP contribution is -1.94. The fourth-order valence-corrected chi connectivity index (χ4v) is 3.12. The third-order valence-electron chi connectivity index (χ3n) is 3.12. The maximum absolute atomic E-state index is 6.00. The smallest absolute Gasteiger partial charge is 0.191 e. The van der Waals surface area contributed by atoms with Gasteiger partial charge in [-0.05, 0) is 17.7 Å². The minimum absolute atomic E-state index is 0.760. The van der Waals surface area contributed by atoms with Crippen molar-refractivity contribution >= 4 is 23.4 Å². The van der Waals surface area contributed by atoms with Crippen molar-refractivity contribution in [2.75, 3.05) is 0 Å². The summed E-state index contributed by atoms with van der Waals surface area (Å²) in [6.07, 6.45) is 0. The molecule has 0 atom stereocenters. The standard InChI is InChI=1S/C16H14ClN3S/c1-20-15(13-7-3-2-4-8-13)18-19-16(20)21-11-12-6-5-9-14(17)10-12/h2-10H,11H2,1H3. The Balaban J connectivity index is 1.77. The summed E-state index contributed by atoms with van der Waals surface area (Å²) in [4.78, 5) is 0. The lowest BCUT2D eigenvalue weighted by atomic mass is 10.2. The molecule has 21 heavy (non-hydrogen) atoms. The van der Waals surface area contributed by atoms with Crippen LogP contribution in [0.2, 0.25) is 5.02 Å². The second-order valence-electron chi connectivity index (χ2n) is 4.65. The van der Waals surface area contributed by atoms with Gasteiger partial charge < -0.3 is 4.57 Å². The van der Waals surface area contributed by atoms with E-state index in [4.69, 9.17) is 11.6 Å². The molecule has 0 saturated heterocycles. The van der Waals surface area contributed by atoms with Gasteiger partial charge in [0.05, 0.1) is 0 Å². The minimum Gasteiger partial charge on any atom is -0.305 e. The summed E-state index contributed by atoms with van der Waals surface area (Å²) >= 11 is 7.65. The number of thioether (sulfide) groups is 1. The van der Waals surface area contributed by atoms with E-state index in [1.165, 1.54) is 5.56 Å². The van der Waals surface area contributed by atoms with Crippen LogP contribution >= 0.6 is 23.4 Å². The second-order valence-corrected chi connectivity index (χ2v) is 6.03. The normalized spacial score (nSPS) is 10.8. The van der Waals surface area contributed by atoms with Gasteiger partial charge in [-0.2, -0.15) is 0 Å². The van der Waals surface area contributed by atoms with Crippen LogP contribution in [-0.4, -0.2) is 14.8 Å². The minimum atomic E-state index is 0.760. The molecule has 0 aliphatic rings. The van der Waals surface area contributed by atoms with Crippen LogP contribution in [0, 0.1) is 0 Å². The summed E-state index contributed by atoms with van der Waals surface area (Å²) in [5.41, 5.74) is 2.25. The van der Waals surface area contributed by atoms with E-state index in [2.05, 4.69) is 16.3 Å². The van der Waals surface area contributed by atoms with Crippen molar-refractivity contribution in [3.05, 3.63) is 65.2 Å². The van der Waals surface area contributed by atoms with E-state index in [9.17, 15) is 0 Å².